The Morgan fingerprint density at radius 3 is 2.29 bits per heavy atom. The summed E-state index contributed by atoms with van der Waals surface area (Å²) < 4.78 is 1.38. The number of aromatic nitrogens is 2. The molecular formula is C19H15N3O2. The molecule has 3 rings (SSSR count). The Hall–Kier alpha value is -3.52. The number of nitrogen functional groups attached to an aromatic ring is 1. The first-order valence-electron chi connectivity index (χ1n) is 7.35. The molecule has 1 heterocycles. The van der Waals surface area contributed by atoms with Crippen molar-refractivity contribution in [3.05, 3.63) is 71.8 Å². The molecule has 0 radical (unpaired) electrons. The lowest BCUT2D eigenvalue weighted by atomic mass is 10.1. The number of aliphatic carboxylic acids is 1. The Labute approximate surface area is 139 Å². The molecule has 3 aromatic rings. The highest BCUT2D eigenvalue weighted by atomic mass is 16.4. The van der Waals surface area contributed by atoms with Gasteiger partial charge >= 0.3 is 5.97 Å². The Bertz CT molecular complexity index is 920. The number of nitrogens with zero attached hydrogens (tertiary/aromatic N) is 2. The molecule has 2 aromatic carbocycles. The van der Waals surface area contributed by atoms with Crippen LogP contribution in [0.5, 0.6) is 0 Å². The molecule has 5 nitrogen and oxygen atoms in total. The van der Waals surface area contributed by atoms with Crippen molar-refractivity contribution in [2.24, 2.45) is 0 Å². The van der Waals surface area contributed by atoms with Crippen molar-refractivity contribution >= 4 is 11.8 Å². The van der Waals surface area contributed by atoms with Gasteiger partial charge in [-0.05, 0) is 12.1 Å². The van der Waals surface area contributed by atoms with Gasteiger partial charge in [-0.3, -0.25) is 9.48 Å². The summed E-state index contributed by atoms with van der Waals surface area (Å²) in [7, 11) is 0. The van der Waals surface area contributed by atoms with Gasteiger partial charge in [0.25, 0.3) is 0 Å². The highest BCUT2D eigenvalue weighted by Gasteiger charge is 2.17. The lowest BCUT2D eigenvalue weighted by molar-refractivity contribution is -0.137. The molecule has 0 saturated carbocycles. The van der Waals surface area contributed by atoms with E-state index < -0.39 is 5.97 Å². The maximum atomic E-state index is 11.1. The predicted molar refractivity (Wildman–Crippen MR) is 92.1 cm³/mol. The average molecular weight is 317 g/mol. The van der Waals surface area contributed by atoms with Gasteiger partial charge < -0.3 is 10.8 Å². The molecular weight excluding hydrogens is 302 g/mol. The fraction of sp³-hybridized carbons (Fsp3) is 0.0526. The third kappa shape index (κ3) is 3.28. The summed E-state index contributed by atoms with van der Waals surface area (Å²) in [6.07, 6.45) is 0. The van der Waals surface area contributed by atoms with Gasteiger partial charge in [-0.15, -0.1) is 0 Å². The van der Waals surface area contributed by atoms with Crippen LogP contribution in [0.15, 0.2) is 60.7 Å². The largest absolute Gasteiger partial charge is 0.480 e. The first-order valence-corrected chi connectivity index (χ1v) is 7.35. The van der Waals surface area contributed by atoms with Crippen molar-refractivity contribution in [3.63, 3.8) is 0 Å². The van der Waals surface area contributed by atoms with Crippen LogP contribution in [0.2, 0.25) is 0 Å². The van der Waals surface area contributed by atoms with E-state index >= 15 is 0 Å². The molecule has 0 bridgehead atoms. The van der Waals surface area contributed by atoms with Crippen molar-refractivity contribution in [2.45, 2.75) is 6.54 Å². The SMILES string of the molecule is Nc1nn(CC(=O)O)c(-c2ccccc2)c1C#Cc1ccccc1. The number of anilines is 1. The van der Waals surface area contributed by atoms with E-state index in [4.69, 9.17) is 10.8 Å². The van der Waals surface area contributed by atoms with Gasteiger partial charge in [-0.2, -0.15) is 5.10 Å². The van der Waals surface area contributed by atoms with E-state index in [1.165, 1.54) is 4.68 Å². The normalized spacial score (nSPS) is 10.0. The van der Waals surface area contributed by atoms with Gasteiger partial charge in [0, 0.05) is 11.1 Å². The van der Waals surface area contributed by atoms with Crippen LogP contribution in [-0.2, 0) is 11.3 Å². The quantitative estimate of drug-likeness (QED) is 0.728. The summed E-state index contributed by atoms with van der Waals surface area (Å²) in [5, 5.41) is 13.3. The highest BCUT2D eigenvalue weighted by Crippen LogP contribution is 2.27. The molecule has 0 unspecified atom stereocenters. The van der Waals surface area contributed by atoms with E-state index in [1.54, 1.807) is 0 Å². The van der Waals surface area contributed by atoms with Crippen LogP contribution in [0.25, 0.3) is 11.3 Å². The summed E-state index contributed by atoms with van der Waals surface area (Å²) >= 11 is 0. The number of rotatable bonds is 3. The fourth-order valence-corrected chi connectivity index (χ4v) is 2.39. The first-order chi connectivity index (χ1) is 11.6. The monoisotopic (exact) mass is 317 g/mol. The molecule has 0 aliphatic heterocycles. The molecule has 3 N–H and O–H groups in total. The Morgan fingerprint density at radius 2 is 1.67 bits per heavy atom. The smallest absolute Gasteiger partial charge is 0.325 e. The zero-order chi connectivity index (χ0) is 16.9. The van der Waals surface area contributed by atoms with Crippen molar-refractivity contribution in [3.8, 4) is 23.1 Å². The molecule has 0 fully saturated rings. The molecule has 0 spiro atoms. The number of carbonyl (C=O) groups is 1. The number of carboxylic acid groups (broad SMARTS) is 1. The highest BCUT2D eigenvalue weighted by molar-refractivity contribution is 5.76. The van der Waals surface area contributed by atoms with Crippen LogP contribution in [0.3, 0.4) is 0 Å². The summed E-state index contributed by atoms with van der Waals surface area (Å²) in [5.74, 6) is 5.32. The second-order valence-electron chi connectivity index (χ2n) is 5.14. The first kappa shape index (κ1) is 15.4. The van der Waals surface area contributed by atoms with Crippen LogP contribution >= 0.6 is 0 Å². The van der Waals surface area contributed by atoms with E-state index in [0.29, 0.717) is 11.3 Å². The van der Waals surface area contributed by atoms with Gasteiger partial charge in [0.05, 0.1) is 11.3 Å². The minimum atomic E-state index is -0.989. The number of hydrogen-bond acceptors (Lipinski definition) is 3. The topological polar surface area (TPSA) is 81.1 Å². The summed E-state index contributed by atoms with van der Waals surface area (Å²) in [6, 6.07) is 18.9. The third-order valence-corrected chi connectivity index (χ3v) is 3.42. The third-order valence-electron chi connectivity index (χ3n) is 3.42. The molecule has 118 valence electrons. The molecule has 0 saturated heterocycles. The summed E-state index contributed by atoms with van der Waals surface area (Å²) in [6.45, 7) is -0.276. The van der Waals surface area contributed by atoms with E-state index in [1.807, 2.05) is 60.7 Å². The van der Waals surface area contributed by atoms with E-state index in [9.17, 15) is 4.79 Å². The predicted octanol–water partition coefficient (Wildman–Crippen LogP) is 2.62. The molecule has 0 aliphatic rings. The lowest BCUT2D eigenvalue weighted by Crippen LogP contribution is -2.11. The van der Waals surface area contributed by atoms with E-state index in [2.05, 4.69) is 16.9 Å². The van der Waals surface area contributed by atoms with Crippen LogP contribution in [-0.4, -0.2) is 20.9 Å². The average Bonchev–Trinajstić information content (AvgIpc) is 2.89. The molecule has 1 aromatic heterocycles. The zero-order valence-corrected chi connectivity index (χ0v) is 12.8. The van der Waals surface area contributed by atoms with Gasteiger partial charge in [-0.1, -0.05) is 60.4 Å². The maximum absolute atomic E-state index is 11.1. The van der Waals surface area contributed by atoms with E-state index in [0.717, 1.165) is 11.1 Å². The number of nitrogens with two attached hydrogens (primary N) is 1. The molecule has 0 atom stereocenters. The summed E-state index contributed by atoms with van der Waals surface area (Å²) in [5.41, 5.74) is 8.80. The van der Waals surface area contributed by atoms with Crippen LogP contribution in [0, 0.1) is 11.8 Å². The second-order valence-corrected chi connectivity index (χ2v) is 5.14. The minimum Gasteiger partial charge on any atom is -0.480 e. The van der Waals surface area contributed by atoms with Crippen molar-refractivity contribution < 1.29 is 9.90 Å². The maximum Gasteiger partial charge on any atom is 0.325 e. The van der Waals surface area contributed by atoms with Gasteiger partial charge in [-0.25, -0.2) is 0 Å². The van der Waals surface area contributed by atoms with Gasteiger partial charge in [0.1, 0.15) is 6.54 Å². The standard InChI is InChI=1S/C19H15N3O2/c20-19-16(12-11-14-7-3-1-4-8-14)18(15-9-5-2-6-10-15)22(21-19)13-17(23)24/h1-10H,13H2,(H2,20,21)(H,23,24). The molecule has 0 aliphatic carbocycles. The second kappa shape index (κ2) is 6.71. The number of hydrogen-bond donors (Lipinski definition) is 2. The van der Waals surface area contributed by atoms with Crippen molar-refractivity contribution in [1.82, 2.24) is 9.78 Å². The molecule has 0 amide bonds. The Morgan fingerprint density at radius 1 is 1.04 bits per heavy atom. The van der Waals surface area contributed by atoms with Gasteiger partial charge in [0.15, 0.2) is 5.82 Å². The molecule has 5 heteroatoms. The van der Waals surface area contributed by atoms with Crippen LogP contribution in [0.4, 0.5) is 5.82 Å². The Kier molecular flexibility index (Phi) is 4.30. The van der Waals surface area contributed by atoms with Crippen LogP contribution in [0.1, 0.15) is 11.1 Å². The van der Waals surface area contributed by atoms with Crippen LogP contribution < -0.4 is 5.73 Å². The van der Waals surface area contributed by atoms with Crippen molar-refractivity contribution in [2.75, 3.05) is 5.73 Å². The minimum absolute atomic E-state index is 0.221. The van der Waals surface area contributed by atoms with E-state index in [-0.39, 0.29) is 12.4 Å². The number of carboxylic acids is 1. The zero-order valence-electron chi connectivity index (χ0n) is 12.8. The van der Waals surface area contributed by atoms with Crippen molar-refractivity contribution in [1.29, 1.82) is 0 Å². The fourth-order valence-electron chi connectivity index (χ4n) is 2.39. The summed E-state index contributed by atoms with van der Waals surface area (Å²) in [4.78, 5) is 11.1. The van der Waals surface area contributed by atoms with Gasteiger partial charge in [0.2, 0.25) is 0 Å². The Balaban J connectivity index is 2.13. The lowest BCUT2D eigenvalue weighted by Gasteiger charge is -2.05. The molecule has 24 heavy (non-hydrogen) atoms. The number of benzene rings is 2.